The van der Waals surface area contributed by atoms with Crippen LogP contribution in [0.25, 0.3) is 0 Å². The van der Waals surface area contributed by atoms with E-state index in [1.54, 1.807) is 36.4 Å². The molecule has 2 rings (SSSR count). The van der Waals surface area contributed by atoms with Gasteiger partial charge in [0.15, 0.2) is 0 Å². The molecule has 2 aromatic rings. The number of anilines is 1. The lowest BCUT2D eigenvalue weighted by Gasteiger charge is -2.09. The molecule has 0 radical (unpaired) electrons. The van der Waals surface area contributed by atoms with Crippen molar-refractivity contribution in [3.8, 4) is 0 Å². The molecule has 0 atom stereocenters. The molecule has 0 aliphatic rings. The highest BCUT2D eigenvalue weighted by atomic mass is 35.5. The van der Waals surface area contributed by atoms with Crippen molar-refractivity contribution in [2.75, 3.05) is 5.32 Å². The van der Waals surface area contributed by atoms with Gasteiger partial charge in [0.1, 0.15) is 0 Å². The number of hydrogen-bond donors (Lipinski definition) is 2. The minimum atomic E-state index is -0.360. The van der Waals surface area contributed by atoms with Crippen LogP contribution in [0.4, 0.5) is 5.69 Å². The SMILES string of the molecule is Cc1c(Cl)cccc1NC(=O)CCC(=O)NN=Cc1ccccc1Cl. The largest absolute Gasteiger partial charge is 0.326 e. The maximum atomic E-state index is 11.9. The molecule has 0 saturated heterocycles. The predicted octanol–water partition coefficient (Wildman–Crippen LogP) is 4.17. The first kappa shape index (κ1) is 19.0. The molecule has 130 valence electrons. The minimum absolute atomic E-state index is 0.0192. The van der Waals surface area contributed by atoms with Crippen LogP contribution in [0, 0.1) is 6.92 Å². The van der Waals surface area contributed by atoms with Gasteiger partial charge in [-0.15, -0.1) is 0 Å². The first-order valence-electron chi connectivity index (χ1n) is 7.59. The summed E-state index contributed by atoms with van der Waals surface area (Å²) in [6.07, 6.45) is 1.51. The van der Waals surface area contributed by atoms with Crippen LogP contribution in [-0.4, -0.2) is 18.0 Å². The second-order valence-corrected chi connectivity index (χ2v) is 6.09. The Morgan fingerprint density at radius 1 is 1.00 bits per heavy atom. The minimum Gasteiger partial charge on any atom is -0.326 e. The maximum absolute atomic E-state index is 11.9. The number of carbonyl (C=O) groups excluding carboxylic acids is 2. The Bertz CT molecular complexity index is 807. The van der Waals surface area contributed by atoms with E-state index in [2.05, 4.69) is 15.8 Å². The third kappa shape index (κ3) is 5.89. The summed E-state index contributed by atoms with van der Waals surface area (Å²) < 4.78 is 0. The van der Waals surface area contributed by atoms with E-state index >= 15 is 0 Å². The van der Waals surface area contributed by atoms with E-state index in [4.69, 9.17) is 23.2 Å². The molecule has 0 aliphatic carbocycles. The number of nitrogens with one attached hydrogen (secondary N) is 2. The lowest BCUT2D eigenvalue weighted by Crippen LogP contribution is -2.20. The smallest absolute Gasteiger partial charge is 0.240 e. The van der Waals surface area contributed by atoms with Gasteiger partial charge in [-0.25, -0.2) is 5.43 Å². The van der Waals surface area contributed by atoms with Gasteiger partial charge in [0, 0.05) is 34.1 Å². The Morgan fingerprint density at radius 2 is 1.68 bits per heavy atom. The summed E-state index contributed by atoms with van der Waals surface area (Å²) in [5.74, 6) is -0.628. The van der Waals surface area contributed by atoms with Crippen LogP contribution in [-0.2, 0) is 9.59 Å². The molecule has 2 amide bonds. The highest BCUT2D eigenvalue weighted by Gasteiger charge is 2.09. The van der Waals surface area contributed by atoms with E-state index in [1.807, 2.05) is 13.0 Å². The van der Waals surface area contributed by atoms with Gasteiger partial charge in [0.25, 0.3) is 0 Å². The topological polar surface area (TPSA) is 70.6 Å². The zero-order valence-electron chi connectivity index (χ0n) is 13.6. The molecular weight excluding hydrogens is 361 g/mol. The molecule has 0 bridgehead atoms. The van der Waals surface area contributed by atoms with Gasteiger partial charge >= 0.3 is 0 Å². The number of nitrogens with zero attached hydrogens (tertiary/aromatic N) is 1. The Kier molecular flexibility index (Phi) is 6.98. The van der Waals surface area contributed by atoms with Crippen molar-refractivity contribution >= 4 is 46.9 Å². The molecule has 5 nitrogen and oxygen atoms in total. The monoisotopic (exact) mass is 377 g/mol. The molecule has 0 heterocycles. The summed E-state index contributed by atoms with van der Waals surface area (Å²) in [5.41, 5.74) is 4.48. The predicted molar refractivity (Wildman–Crippen MR) is 101 cm³/mol. The van der Waals surface area contributed by atoms with Crippen LogP contribution >= 0.6 is 23.2 Å². The van der Waals surface area contributed by atoms with Crippen molar-refractivity contribution < 1.29 is 9.59 Å². The molecule has 25 heavy (non-hydrogen) atoms. The van der Waals surface area contributed by atoms with E-state index in [0.717, 1.165) is 5.56 Å². The van der Waals surface area contributed by atoms with Crippen molar-refractivity contribution in [1.82, 2.24) is 5.43 Å². The molecule has 0 spiro atoms. The molecule has 0 fully saturated rings. The first-order valence-corrected chi connectivity index (χ1v) is 8.34. The van der Waals surface area contributed by atoms with Crippen LogP contribution in [0.2, 0.25) is 10.0 Å². The fourth-order valence-corrected chi connectivity index (χ4v) is 2.35. The molecule has 0 aromatic heterocycles. The fraction of sp³-hybridized carbons (Fsp3) is 0.167. The Hall–Kier alpha value is -2.37. The molecule has 2 aromatic carbocycles. The lowest BCUT2D eigenvalue weighted by molar-refractivity contribution is -0.124. The van der Waals surface area contributed by atoms with E-state index in [9.17, 15) is 9.59 Å². The number of hydrazone groups is 1. The van der Waals surface area contributed by atoms with Gasteiger partial charge in [0.05, 0.1) is 6.21 Å². The molecule has 0 aliphatic heterocycles. The van der Waals surface area contributed by atoms with E-state index in [-0.39, 0.29) is 24.7 Å². The average molecular weight is 378 g/mol. The zero-order chi connectivity index (χ0) is 18.2. The van der Waals surface area contributed by atoms with Gasteiger partial charge in [-0.2, -0.15) is 5.10 Å². The zero-order valence-corrected chi connectivity index (χ0v) is 15.1. The highest BCUT2D eigenvalue weighted by molar-refractivity contribution is 6.33. The van der Waals surface area contributed by atoms with Gasteiger partial charge in [0.2, 0.25) is 11.8 Å². The standard InChI is InChI=1S/C18H17Cl2N3O2/c1-12-14(19)7-4-8-16(12)22-17(24)9-10-18(25)23-21-11-13-5-2-3-6-15(13)20/h2-8,11H,9-10H2,1H3,(H,22,24)(H,23,25). The summed E-state index contributed by atoms with van der Waals surface area (Å²) in [7, 11) is 0. The van der Waals surface area contributed by atoms with E-state index < -0.39 is 0 Å². The quantitative estimate of drug-likeness (QED) is 0.585. The number of rotatable bonds is 6. The summed E-state index contributed by atoms with van der Waals surface area (Å²) in [6, 6.07) is 12.4. The van der Waals surface area contributed by atoms with E-state index in [1.165, 1.54) is 6.21 Å². The van der Waals surface area contributed by atoms with Crippen molar-refractivity contribution in [3.63, 3.8) is 0 Å². The highest BCUT2D eigenvalue weighted by Crippen LogP contribution is 2.23. The summed E-state index contributed by atoms with van der Waals surface area (Å²) in [6.45, 7) is 1.81. The summed E-state index contributed by atoms with van der Waals surface area (Å²) in [4.78, 5) is 23.7. The number of hydrogen-bond acceptors (Lipinski definition) is 3. The molecule has 7 heteroatoms. The Balaban J connectivity index is 1.79. The normalized spacial score (nSPS) is 10.7. The number of benzene rings is 2. The maximum Gasteiger partial charge on any atom is 0.240 e. The number of carbonyl (C=O) groups is 2. The van der Waals surface area contributed by atoms with Gasteiger partial charge < -0.3 is 5.32 Å². The van der Waals surface area contributed by atoms with Crippen LogP contribution in [0.1, 0.15) is 24.0 Å². The summed E-state index contributed by atoms with van der Waals surface area (Å²) >= 11 is 12.0. The second-order valence-electron chi connectivity index (χ2n) is 5.28. The van der Waals surface area contributed by atoms with Gasteiger partial charge in [-0.1, -0.05) is 47.5 Å². The first-order chi connectivity index (χ1) is 12.0. The van der Waals surface area contributed by atoms with E-state index in [0.29, 0.717) is 21.3 Å². The van der Waals surface area contributed by atoms with Crippen LogP contribution in [0.15, 0.2) is 47.6 Å². The third-order valence-electron chi connectivity index (χ3n) is 3.42. The van der Waals surface area contributed by atoms with Gasteiger partial charge in [-0.05, 0) is 30.7 Å². The van der Waals surface area contributed by atoms with Crippen molar-refractivity contribution in [2.24, 2.45) is 5.10 Å². The lowest BCUT2D eigenvalue weighted by atomic mass is 10.2. The van der Waals surface area contributed by atoms with Crippen molar-refractivity contribution in [2.45, 2.75) is 19.8 Å². The van der Waals surface area contributed by atoms with Crippen LogP contribution in [0.3, 0.4) is 0 Å². The van der Waals surface area contributed by atoms with Crippen molar-refractivity contribution in [1.29, 1.82) is 0 Å². The average Bonchev–Trinajstić information content (AvgIpc) is 2.59. The Labute approximate surface area is 156 Å². The molecule has 0 saturated carbocycles. The molecular formula is C18H17Cl2N3O2. The van der Waals surface area contributed by atoms with Crippen molar-refractivity contribution in [3.05, 3.63) is 63.6 Å². The number of amides is 2. The Morgan fingerprint density at radius 3 is 2.44 bits per heavy atom. The fourth-order valence-electron chi connectivity index (χ4n) is 1.99. The molecule has 2 N–H and O–H groups in total. The summed E-state index contributed by atoms with van der Waals surface area (Å²) in [5, 5.41) is 7.68. The third-order valence-corrected chi connectivity index (χ3v) is 4.17. The second kappa shape index (κ2) is 9.20. The van der Waals surface area contributed by atoms with Crippen LogP contribution < -0.4 is 10.7 Å². The molecule has 0 unspecified atom stereocenters. The van der Waals surface area contributed by atoms with Gasteiger partial charge in [-0.3, -0.25) is 9.59 Å². The van der Waals surface area contributed by atoms with Crippen LogP contribution in [0.5, 0.6) is 0 Å². The number of halogens is 2.